The van der Waals surface area contributed by atoms with Crippen LogP contribution in [0.2, 0.25) is 0 Å². The third kappa shape index (κ3) is 6.56. The van der Waals surface area contributed by atoms with Crippen LogP contribution in [0.15, 0.2) is 28.7 Å². The second-order valence-electron chi connectivity index (χ2n) is 8.54. The van der Waals surface area contributed by atoms with E-state index in [1.807, 2.05) is 0 Å². The van der Waals surface area contributed by atoms with Crippen molar-refractivity contribution >= 4 is 18.2 Å². The maximum Gasteiger partial charge on any atom is 0.247 e. The van der Waals surface area contributed by atoms with Gasteiger partial charge >= 0.3 is 0 Å². The maximum atomic E-state index is 7.74. The SMILES string of the molecule is CCCCCCCCCCCCc1ccc(-c2nnc(C3(C(=N)N)CC3)o2)cc1.Cl. The molecule has 1 aliphatic rings. The standard InChI is InChI=1S/C24H36N4O.ClH/c1-2-3-4-5-6-7-8-9-10-11-12-19-13-15-20(16-14-19)21-27-28-23(29-21)24(17-18-24)22(25)26;/h13-16H,2-12,17-18H2,1H3,(H3,25,26);1H. The zero-order valence-corrected chi connectivity index (χ0v) is 19.1. The molecule has 1 aromatic carbocycles. The summed E-state index contributed by atoms with van der Waals surface area (Å²) in [5.41, 5.74) is 7.48. The number of benzene rings is 1. The summed E-state index contributed by atoms with van der Waals surface area (Å²) < 4.78 is 5.82. The van der Waals surface area contributed by atoms with Gasteiger partial charge in [0.1, 0.15) is 11.3 Å². The van der Waals surface area contributed by atoms with E-state index in [1.165, 1.54) is 69.8 Å². The van der Waals surface area contributed by atoms with Crippen LogP contribution < -0.4 is 5.73 Å². The molecule has 1 aliphatic carbocycles. The summed E-state index contributed by atoms with van der Waals surface area (Å²) in [5.74, 6) is 1.12. The van der Waals surface area contributed by atoms with Gasteiger partial charge < -0.3 is 10.2 Å². The number of hydrogen-bond acceptors (Lipinski definition) is 4. The Balaban J connectivity index is 0.00000320. The number of nitrogens with one attached hydrogen (secondary N) is 1. The van der Waals surface area contributed by atoms with Crippen molar-refractivity contribution in [2.45, 2.75) is 95.8 Å². The Labute approximate surface area is 187 Å². The van der Waals surface area contributed by atoms with Crippen molar-refractivity contribution in [3.05, 3.63) is 35.7 Å². The predicted molar refractivity (Wildman–Crippen MR) is 125 cm³/mol. The summed E-state index contributed by atoms with van der Waals surface area (Å²) in [7, 11) is 0. The molecule has 1 aromatic heterocycles. The molecule has 0 unspecified atom stereocenters. The fraction of sp³-hybridized carbons (Fsp3) is 0.625. The number of amidine groups is 1. The highest BCUT2D eigenvalue weighted by Crippen LogP contribution is 2.47. The van der Waals surface area contributed by atoms with Crippen molar-refractivity contribution in [2.75, 3.05) is 0 Å². The minimum absolute atomic E-state index is 0. The molecule has 166 valence electrons. The van der Waals surface area contributed by atoms with Crippen LogP contribution >= 0.6 is 12.4 Å². The number of rotatable bonds is 14. The number of nitrogens with two attached hydrogens (primary N) is 1. The molecule has 0 bridgehead atoms. The van der Waals surface area contributed by atoms with Gasteiger partial charge in [-0.05, 0) is 43.4 Å². The molecule has 0 amide bonds. The van der Waals surface area contributed by atoms with Crippen molar-refractivity contribution in [2.24, 2.45) is 5.73 Å². The molecule has 2 aromatic rings. The summed E-state index contributed by atoms with van der Waals surface area (Å²) >= 11 is 0. The maximum absolute atomic E-state index is 7.74. The Kier molecular flexibility index (Phi) is 9.83. The molecule has 1 fully saturated rings. The van der Waals surface area contributed by atoms with E-state index in [0.717, 1.165) is 24.8 Å². The second-order valence-corrected chi connectivity index (χ2v) is 8.54. The fourth-order valence-electron chi connectivity index (χ4n) is 3.89. The van der Waals surface area contributed by atoms with Gasteiger partial charge in [-0.15, -0.1) is 22.6 Å². The van der Waals surface area contributed by atoms with Crippen molar-refractivity contribution in [1.29, 1.82) is 5.41 Å². The smallest absolute Gasteiger partial charge is 0.247 e. The molecule has 5 nitrogen and oxygen atoms in total. The summed E-state index contributed by atoms with van der Waals surface area (Å²) in [5, 5.41) is 16.0. The first kappa shape index (κ1) is 24.4. The molecule has 0 aliphatic heterocycles. The van der Waals surface area contributed by atoms with E-state index in [-0.39, 0.29) is 18.2 Å². The van der Waals surface area contributed by atoms with Gasteiger partial charge in [0.2, 0.25) is 11.8 Å². The Morgan fingerprint density at radius 2 is 1.50 bits per heavy atom. The van der Waals surface area contributed by atoms with E-state index >= 15 is 0 Å². The van der Waals surface area contributed by atoms with Gasteiger partial charge in [-0.3, -0.25) is 5.41 Å². The highest BCUT2D eigenvalue weighted by Gasteiger charge is 2.52. The number of unbranched alkanes of at least 4 members (excludes halogenated alkanes) is 9. The molecule has 3 rings (SSSR count). The number of halogens is 1. The van der Waals surface area contributed by atoms with E-state index in [1.54, 1.807) is 0 Å². The van der Waals surface area contributed by atoms with E-state index in [4.69, 9.17) is 15.6 Å². The number of nitrogens with zero attached hydrogens (tertiary/aromatic N) is 2. The third-order valence-electron chi connectivity index (χ3n) is 6.12. The second kappa shape index (κ2) is 12.1. The molecule has 1 saturated carbocycles. The van der Waals surface area contributed by atoms with Gasteiger partial charge in [0.25, 0.3) is 0 Å². The zero-order chi connectivity index (χ0) is 20.5. The third-order valence-corrected chi connectivity index (χ3v) is 6.12. The molecule has 0 radical (unpaired) electrons. The van der Waals surface area contributed by atoms with Crippen LogP contribution in [0, 0.1) is 5.41 Å². The molecule has 6 heteroatoms. The highest BCUT2D eigenvalue weighted by atomic mass is 35.5. The van der Waals surface area contributed by atoms with Crippen LogP contribution in [0.4, 0.5) is 0 Å². The van der Waals surface area contributed by atoms with E-state index in [2.05, 4.69) is 41.4 Å². The van der Waals surface area contributed by atoms with Gasteiger partial charge in [-0.25, -0.2) is 0 Å². The molecule has 3 N–H and O–H groups in total. The van der Waals surface area contributed by atoms with Crippen LogP contribution in [0.5, 0.6) is 0 Å². The monoisotopic (exact) mass is 432 g/mol. The van der Waals surface area contributed by atoms with Crippen LogP contribution in [0.3, 0.4) is 0 Å². The van der Waals surface area contributed by atoms with Crippen molar-refractivity contribution in [3.8, 4) is 11.5 Å². The molecule has 0 atom stereocenters. The number of aryl methyl sites for hydroxylation is 1. The van der Waals surface area contributed by atoms with Crippen molar-refractivity contribution < 1.29 is 4.42 Å². The Morgan fingerprint density at radius 3 is 2.03 bits per heavy atom. The van der Waals surface area contributed by atoms with Crippen molar-refractivity contribution in [1.82, 2.24) is 10.2 Å². The number of aromatic nitrogens is 2. The zero-order valence-electron chi connectivity index (χ0n) is 18.3. The Bertz CT molecular complexity index is 768. The predicted octanol–water partition coefficient (Wildman–Crippen LogP) is 6.59. The average molecular weight is 433 g/mol. The van der Waals surface area contributed by atoms with Crippen LogP contribution in [-0.4, -0.2) is 16.0 Å². The first-order chi connectivity index (χ1) is 14.2. The van der Waals surface area contributed by atoms with E-state index < -0.39 is 5.41 Å². The molecule has 1 heterocycles. The fourth-order valence-corrected chi connectivity index (χ4v) is 3.89. The molecule has 0 saturated heterocycles. The molecular formula is C24H37ClN4O. The molecular weight excluding hydrogens is 396 g/mol. The largest absolute Gasteiger partial charge is 0.420 e. The number of hydrogen-bond donors (Lipinski definition) is 2. The Hall–Kier alpha value is -1.88. The summed E-state index contributed by atoms with van der Waals surface area (Å²) in [4.78, 5) is 0. The van der Waals surface area contributed by atoms with Crippen LogP contribution in [0.25, 0.3) is 11.5 Å². The quantitative estimate of drug-likeness (QED) is 0.200. The Morgan fingerprint density at radius 1 is 0.933 bits per heavy atom. The topological polar surface area (TPSA) is 88.8 Å². The summed E-state index contributed by atoms with van der Waals surface area (Å²) in [6.45, 7) is 2.27. The first-order valence-corrected chi connectivity index (χ1v) is 11.4. The van der Waals surface area contributed by atoms with Gasteiger partial charge in [-0.2, -0.15) is 0 Å². The van der Waals surface area contributed by atoms with E-state index in [0.29, 0.717) is 11.8 Å². The lowest BCUT2D eigenvalue weighted by molar-refractivity contribution is 0.485. The normalized spacial score (nSPS) is 14.3. The summed E-state index contributed by atoms with van der Waals surface area (Å²) in [6, 6.07) is 8.42. The van der Waals surface area contributed by atoms with Crippen LogP contribution in [0.1, 0.15) is 95.4 Å². The highest BCUT2D eigenvalue weighted by molar-refractivity contribution is 5.91. The van der Waals surface area contributed by atoms with Gasteiger partial charge in [-0.1, -0.05) is 76.8 Å². The first-order valence-electron chi connectivity index (χ1n) is 11.4. The van der Waals surface area contributed by atoms with Gasteiger partial charge in [0, 0.05) is 5.56 Å². The summed E-state index contributed by atoms with van der Waals surface area (Å²) in [6.07, 6.45) is 16.4. The minimum Gasteiger partial charge on any atom is -0.420 e. The lowest BCUT2D eigenvalue weighted by Crippen LogP contribution is -2.27. The van der Waals surface area contributed by atoms with Crippen LogP contribution in [-0.2, 0) is 11.8 Å². The average Bonchev–Trinajstić information content (AvgIpc) is 3.40. The van der Waals surface area contributed by atoms with Gasteiger partial charge in [0.15, 0.2) is 0 Å². The van der Waals surface area contributed by atoms with Crippen molar-refractivity contribution in [3.63, 3.8) is 0 Å². The molecule has 30 heavy (non-hydrogen) atoms. The lowest BCUT2D eigenvalue weighted by Gasteiger charge is -2.06. The van der Waals surface area contributed by atoms with Gasteiger partial charge in [0.05, 0.1) is 0 Å². The lowest BCUT2D eigenvalue weighted by atomic mass is 10.0. The minimum atomic E-state index is -0.499. The molecule has 0 spiro atoms. The van der Waals surface area contributed by atoms with E-state index in [9.17, 15) is 0 Å².